The van der Waals surface area contributed by atoms with Gasteiger partial charge in [-0.3, -0.25) is 0 Å². The van der Waals surface area contributed by atoms with Crippen LogP contribution >= 0.6 is 0 Å². The van der Waals surface area contributed by atoms with Crippen molar-refractivity contribution in [3.05, 3.63) is 29.6 Å². The molecule has 2 aromatic rings. The van der Waals surface area contributed by atoms with Crippen molar-refractivity contribution in [1.82, 2.24) is 9.55 Å². The maximum atomic E-state index is 5.64. The second-order valence-corrected chi connectivity index (χ2v) is 4.45. The van der Waals surface area contributed by atoms with Crippen molar-refractivity contribution in [1.29, 1.82) is 0 Å². The molecule has 4 nitrogen and oxygen atoms in total. The molecular formula is C13H19N3O. The first-order chi connectivity index (χ1) is 8.17. The molecule has 0 atom stereocenters. The van der Waals surface area contributed by atoms with Gasteiger partial charge in [-0.2, -0.15) is 0 Å². The van der Waals surface area contributed by atoms with E-state index in [1.54, 1.807) is 7.11 Å². The van der Waals surface area contributed by atoms with E-state index in [0.717, 1.165) is 22.4 Å². The van der Waals surface area contributed by atoms with Gasteiger partial charge in [-0.15, -0.1) is 0 Å². The van der Waals surface area contributed by atoms with E-state index in [2.05, 4.69) is 35.5 Å². The van der Waals surface area contributed by atoms with E-state index >= 15 is 0 Å². The van der Waals surface area contributed by atoms with Crippen molar-refractivity contribution in [2.24, 2.45) is 5.73 Å². The Morgan fingerprint density at radius 3 is 2.76 bits per heavy atom. The van der Waals surface area contributed by atoms with Crippen molar-refractivity contribution < 1.29 is 4.74 Å². The number of methoxy groups -OCH3 is 1. The fourth-order valence-electron chi connectivity index (χ4n) is 2.13. The van der Waals surface area contributed by atoms with Gasteiger partial charge in [0.1, 0.15) is 12.4 Å². The minimum atomic E-state index is 0.369. The third-order valence-electron chi connectivity index (χ3n) is 2.85. The number of aromatic nitrogens is 2. The molecule has 0 aliphatic heterocycles. The van der Waals surface area contributed by atoms with Crippen LogP contribution in [0.5, 0.6) is 0 Å². The number of hydrogen-bond acceptors (Lipinski definition) is 3. The summed E-state index contributed by atoms with van der Waals surface area (Å²) in [5.74, 6) is 0.965. The fourth-order valence-corrected chi connectivity index (χ4v) is 2.13. The minimum absolute atomic E-state index is 0.369. The molecule has 1 aromatic heterocycles. The van der Waals surface area contributed by atoms with Crippen LogP contribution in [0.15, 0.2) is 18.2 Å². The molecule has 0 fully saturated rings. The zero-order valence-electron chi connectivity index (χ0n) is 10.6. The molecule has 0 aliphatic rings. The number of nitrogens with two attached hydrogens (primary N) is 1. The summed E-state index contributed by atoms with van der Waals surface area (Å²) in [5.41, 5.74) is 8.89. The Morgan fingerprint density at radius 2 is 2.18 bits per heavy atom. The van der Waals surface area contributed by atoms with E-state index < -0.39 is 0 Å². The molecule has 4 heteroatoms. The number of benzene rings is 1. The lowest BCUT2D eigenvalue weighted by Crippen LogP contribution is -2.07. The molecule has 0 unspecified atom stereocenters. The van der Waals surface area contributed by atoms with Gasteiger partial charge >= 0.3 is 0 Å². The highest BCUT2D eigenvalue weighted by Crippen LogP contribution is 2.22. The van der Waals surface area contributed by atoms with Crippen LogP contribution in [0, 0.1) is 0 Å². The number of rotatable bonds is 4. The summed E-state index contributed by atoms with van der Waals surface area (Å²) in [7, 11) is 1.69. The molecule has 0 radical (unpaired) electrons. The van der Waals surface area contributed by atoms with Crippen LogP contribution in [0.4, 0.5) is 0 Å². The van der Waals surface area contributed by atoms with E-state index in [0.29, 0.717) is 19.2 Å². The van der Waals surface area contributed by atoms with Crippen molar-refractivity contribution in [3.63, 3.8) is 0 Å². The van der Waals surface area contributed by atoms with Gasteiger partial charge in [0.2, 0.25) is 0 Å². The highest BCUT2D eigenvalue weighted by Gasteiger charge is 2.12. The monoisotopic (exact) mass is 233 g/mol. The van der Waals surface area contributed by atoms with Gasteiger partial charge in [0.05, 0.1) is 11.0 Å². The normalized spacial score (nSPS) is 11.6. The Kier molecular flexibility index (Phi) is 3.45. The van der Waals surface area contributed by atoms with Gasteiger partial charge in [-0.05, 0) is 31.5 Å². The first-order valence-corrected chi connectivity index (χ1v) is 5.86. The maximum Gasteiger partial charge on any atom is 0.136 e. The van der Waals surface area contributed by atoms with Gasteiger partial charge in [0.25, 0.3) is 0 Å². The molecule has 17 heavy (non-hydrogen) atoms. The molecule has 0 amide bonds. The standard InChI is InChI=1S/C13H19N3O/c1-9(2)16-12-5-4-10(7-14)6-11(12)15-13(16)8-17-3/h4-6,9H,7-8,14H2,1-3H3. The zero-order valence-corrected chi connectivity index (χ0v) is 10.6. The Hall–Kier alpha value is -1.39. The van der Waals surface area contributed by atoms with Crippen molar-refractivity contribution >= 4 is 11.0 Å². The number of hydrogen-bond donors (Lipinski definition) is 1. The molecule has 1 aromatic carbocycles. The summed E-state index contributed by atoms with van der Waals surface area (Å²) in [6, 6.07) is 6.56. The lowest BCUT2D eigenvalue weighted by Gasteiger charge is -2.12. The third-order valence-corrected chi connectivity index (χ3v) is 2.85. The maximum absolute atomic E-state index is 5.64. The quantitative estimate of drug-likeness (QED) is 0.881. The van der Waals surface area contributed by atoms with Crippen LogP contribution in [0.3, 0.4) is 0 Å². The lowest BCUT2D eigenvalue weighted by molar-refractivity contribution is 0.173. The third kappa shape index (κ3) is 2.18. The van der Waals surface area contributed by atoms with Crippen molar-refractivity contribution in [3.8, 4) is 0 Å². The predicted molar refractivity (Wildman–Crippen MR) is 68.7 cm³/mol. The lowest BCUT2D eigenvalue weighted by atomic mass is 10.2. The van der Waals surface area contributed by atoms with Crippen LogP contribution in [0.25, 0.3) is 11.0 Å². The number of ether oxygens (including phenoxy) is 1. The van der Waals surface area contributed by atoms with E-state index in [9.17, 15) is 0 Å². The SMILES string of the molecule is COCc1nc2cc(CN)ccc2n1C(C)C. The van der Waals surface area contributed by atoms with Gasteiger partial charge in [0, 0.05) is 19.7 Å². The highest BCUT2D eigenvalue weighted by molar-refractivity contribution is 5.77. The van der Waals surface area contributed by atoms with Gasteiger partial charge in [-0.1, -0.05) is 6.07 Å². The van der Waals surface area contributed by atoms with Gasteiger partial charge in [0.15, 0.2) is 0 Å². The smallest absolute Gasteiger partial charge is 0.136 e. The second kappa shape index (κ2) is 4.85. The summed E-state index contributed by atoms with van der Waals surface area (Å²) >= 11 is 0. The summed E-state index contributed by atoms with van der Waals surface area (Å²) in [4.78, 5) is 4.61. The molecule has 1 heterocycles. The number of fused-ring (bicyclic) bond motifs is 1. The summed E-state index contributed by atoms with van der Waals surface area (Å²) in [5, 5.41) is 0. The average Bonchev–Trinajstić information content (AvgIpc) is 2.66. The summed E-state index contributed by atoms with van der Waals surface area (Å²) < 4.78 is 7.40. The van der Waals surface area contributed by atoms with Crippen LogP contribution in [-0.2, 0) is 17.9 Å². The largest absolute Gasteiger partial charge is 0.377 e. The summed E-state index contributed by atoms with van der Waals surface area (Å²) in [6.45, 7) is 5.38. The molecule has 0 saturated heterocycles. The highest BCUT2D eigenvalue weighted by atomic mass is 16.5. The average molecular weight is 233 g/mol. The van der Waals surface area contributed by atoms with Crippen LogP contribution in [0.2, 0.25) is 0 Å². The second-order valence-electron chi connectivity index (χ2n) is 4.45. The zero-order chi connectivity index (χ0) is 12.4. The van der Waals surface area contributed by atoms with Gasteiger partial charge < -0.3 is 15.0 Å². The Morgan fingerprint density at radius 1 is 1.41 bits per heavy atom. The number of nitrogens with zero attached hydrogens (tertiary/aromatic N) is 2. The van der Waals surface area contributed by atoms with E-state index in [1.807, 2.05) is 6.07 Å². The van der Waals surface area contributed by atoms with E-state index in [4.69, 9.17) is 10.5 Å². The topological polar surface area (TPSA) is 53.1 Å². The van der Waals surface area contributed by atoms with E-state index in [1.165, 1.54) is 0 Å². The van der Waals surface area contributed by atoms with Crippen molar-refractivity contribution in [2.75, 3.05) is 7.11 Å². The van der Waals surface area contributed by atoms with E-state index in [-0.39, 0.29) is 0 Å². The molecule has 0 aliphatic carbocycles. The number of imidazole rings is 1. The molecule has 2 N–H and O–H groups in total. The van der Waals surface area contributed by atoms with Crippen LogP contribution in [-0.4, -0.2) is 16.7 Å². The first-order valence-electron chi connectivity index (χ1n) is 5.86. The molecular weight excluding hydrogens is 214 g/mol. The molecule has 92 valence electrons. The Bertz CT molecular complexity index is 517. The molecule has 0 spiro atoms. The first kappa shape index (κ1) is 12.1. The van der Waals surface area contributed by atoms with Crippen LogP contribution < -0.4 is 5.73 Å². The minimum Gasteiger partial charge on any atom is -0.377 e. The fraction of sp³-hybridized carbons (Fsp3) is 0.462. The Labute approximate surface area is 101 Å². The van der Waals surface area contributed by atoms with Gasteiger partial charge in [-0.25, -0.2) is 4.98 Å². The van der Waals surface area contributed by atoms with Crippen LogP contribution in [0.1, 0.15) is 31.3 Å². The van der Waals surface area contributed by atoms with Crippen molar-refractivity contribution in [2.45, 2.75) is 33.0 Å². The molecule has 2 rings (SSSR count). The predicted octanol–water partition coefficient (Wildman–Crippen LogP) is 2.22. The summed E-state index contributed by atoms with van der Waals surface area (Å²) in [6.07, 6.45) is 0. The molecule has 0 bridgehead atoms. The Balaban J connectivity index is 2.61. The molecule has 0 saturated carbocycles.